The van der Waals surface area contributed by atoms with E-state index in [-0.39, 0.29) is 23.8 Å². The number of amides is 1. The van der Waals surface area contributed by atoms with Crippen LogP contribution >= 0.6 is 0 Å². The molecule has 0 unspecified atom stereocenters. The number of nitrogens with zero attached hydrogens (tertiary/aromatic N) is 4. The van der Waals surface area contributed by atoms with Gasteiger partial charge in [0, 0.05) is 43.9 Å². The molecule has 0 saturated carbocycles. The van der Waals surface area contributed by atoms with Gasteiger partial charge in [-0.2, -0.15) is 13.2 Å². The topological polar surface area (TPSA) is 39.2 Å². The summed E-state index contributed by atoms with van der Waals surface area (Å²) in [5, 5.41) is 0. The van der Waals surface area contributed by atoms with Crippen LogP contribution in [0.3, 0.4) is 0 Å². The largest absolute Gasteiger partial charge is 0.416 e. The van der Waals surface area contributed by atoms with Gasteiger partial charge in [0.2, 0.25) is 5.96 Å². The maximum atomic E-state index is 14.1. The van der Waals surface area contributed by atoms with E-state index in [2.05, 4.69) is 4.99 Å². The van der Waals surface area contributed by atoms with E-state index >= 15 is 0 Å². The van der Waals surface area contributed by atoms with E-state index in [4.69, 9.17) is 0 Å². The molecule has 2 aromatic carbocycles. The van der Waals surface area contributed by atoms with Crippen LogP contribution in [0.1, 0.15) is 23.1 Å². The van der Waals surface area contributed by atoms with Crippen molar-refractivity contribution in [1.29, 1.82) is 0 Å². The Labute approximate surface area is 188 Å². The lowest BCUT2D eigenvalue weighted by molar-refractivity contribution is -0.139. The standard InChI is InChI=1S/C24H22F4N4O/c25-20-8-4-2-6-17(20)13-30-11-9-21-18(15-30)22(33)32(23-29-10-12-31(21)23)14-16-5-1-3-7-19(16)24(26,27)28/h1-8H,9-15H2. The zero-order valence-electron chi connectivity index (χ0n) is 17.8. The van der Waals surface area contributed by atoms with Gasteiger partial charge in [-0.1, -0.05) is 36.4 Å². The third-order valence-corrected chi connectivity index (χ3v) is 6.29. The van der Waals surface area contributed by atoms with Crippen molar-refractivity contribution in [3.8, 4) is 0 Å². The second kappa shape index (κ2) is 8.30. The van der Waals surface area contributed by atoms with Crippen molar-refractivity contribution in [1.82, 2.24) is 14.7 Å². The molecule has 5 rings (SSSR count). The summed E-state index contributed by atoms with van der Waals surface area (Å²) in [5.74, 6) is -0.220. The van der Waals surface area contributed by atoms with Crippen LogP contribution in [0.5, 0.6) is 0 Å². The summed E-state index contributed by atoms with van der Waals surface area (Å²) in [4.78, 5) is 23.2. The average molecular weight is 458 g/mol. The Balaban J connectivity index is 1.43. The predicted octanol–water partition coefficient (Wildman–Crippen LogP) is 4.02. The molecule has 0 fully saturated rings. The van der Waals surface area contributed by atoms with Gasteiger partial charge in [-0.15, -0.1) is 0 Å². The van der Waals surface area contributed by atoms with Gasteiger partial charge in [0.05, 0.1) is 24.2 Å². The molecule has 5 nitrogen and oxygen atoms in total. The van der Waals surface area contributed by atoms with Gasteiger partial charge in [0.15, 0.2) is 0 Å². The maximum Gasteiger partial charge on any atom is 0.416 e. The smallest absolute Gasteiger partial charge is 0.314 e. The van der Waals surface area contributed by atoms with Crippen LogP contribution in [0.2, 0.25) is 0 Å². The molecule has 0 saturated heterocycles. The lowest BCUT2D eigenvalue weighted by atomic mass is 9.99. The number of rotatable bonds is 4. The average Bonchev–Trinajstić information content (AvgIpc) is 3.28. The Hall–Kier alpha value is -3.20. The predicted molar refractivity (Wildman–Crippen MR) is 114 cm³/mol. The summed E-state index contributed by atoms with van der Waals surface area (Å²) in [6.45, 7) is 2.18. The number of fused-ring (bicyclic) bond motifs is 2. The first kappa shape index (κ1) is 21.6. The number of halogens is 4. The number of alkyl halides is 3. The van der Waals surface area contributed by atoms with E-state index in [1.165, 1.54) is 29.2 Å². The highest BCUT2D eigenvalue weighted by molar-refractivity contribution is 6.09. The molecule has 0 spiro atoms. The van der Waals surface area contributed by atoms with Gasteiger partial charge in [0.1, 0.15) is 5.82 Å². The second-order valence-corrected chi connectivity index (χ2v) is 8.36. The molecule has 3 heterocycles. The fourth-order valence-electron chi connectivity index (χ4n) is 4.72. The number of guanidine groups is 1. The number of hydrogen-bond acceptors (Lipinski definition) is 4. The first-order valence-electron chi connectivity index (χ1n) is 10.8. The van der Waals surface area contributed by atoms with Gasteiger partial charge in [-0.3, -0.25) is 19.6 Å². The lowest BCUT2D eigenvalue weighted by Gasteiger charge is -2.42. The van der Waals surface area contributed by atoms with Crippen LogP contribution in [0.25, 0.3) is 0 Å². The minimum atomic E-state index is -4.52. The van der Waals surface area contributed by atoms with Crippen molar-refractivity contribution in [3.05, 3.63) is 82.3 Å². The molecule has 0 aliphatic carbocycles. The van der Waals surface area contributed by atoms with Crippen molar-refractivity contribution < 1.29 is 22.4 Å². The molecule has 1 amide bonds. The summed E-state index contributed by atoms with van der Waals surface area (Å²) in [6.07, 6.45) is -3.92. The molecule has 0 atom stereocenters. The van der Waals surface area contributed by atoms with Gasteiger partial charge in [0.25, 0.3) is 5.91 Å². The molecule has 2 aromatic rings. The van der Waals surface area contributed by atoms with E-state index in [1.54, 1.807) is 18.2 Å². The quantitative estimate of drug-likeness (QED) is 0.650. The monoisotopic (exact) mass is 458 g/mol. The fourth-order valence-corrected chi connectivity index (χ4v) is 4.72. The zero-order valence-corrected chi connectivity index (χ0v) is 17.8. The first-order valence-corrected chi connectivity index (χ1v) is 10.8. The highest BCUT2D eigenvalue weighted by Crippen LogP contribution is 2.35. The molecule has 0 aromatic heterocycles. The number of carbonyl (C=O) groups is 1. The summed E-state index contributed by atoms with van der Waals surface area (Å²) >= 11 is 0. The van der Waals surface area contributed by atoms with Crippen LogP contribution in [0, 0.1) is 5.82 Å². The number of carbonyl (C=O) groups excluding carboxylic acids is 1. The highest BCUT2D eigenvalue weighted by Gasteiger charge is 2.42. The molecule has 172 valence electrons. The zero-order chi connectivity index (χ0) is 23.2. The van der Waals surface area contributed by atoms with Crippen LogP contribution in [0.15, 0.2) is 64.8 Å². The molecule has 9 heteroatoms. The Morgan fingerprint density at radius 1 is 0.939 bits per heavy atom. The summed E-state index contributed by atoms with van der Waals surface area (Å²) in [5.41, 5.74) is 1.23. The molecule has 33 heavy (non-hydrogen) atoms. The Kier molecular flexibility index (Phi) is 5.44. The molecule has 3 aliphatic heterocycles. The van der Waals surface area contributed by atoms with Gasteiger partial charge in [-0.05, 0) is 17.7 Å². The first-order chi connectivity index (χ1) is 15.8. The van der Waals surface area contributed by atoms with Crippen molar-refractivity contribution in [2.45, 2.75) is 25.7 Å². The Morgan fingerprint density at radius 3 is 2.42 bits per heavy atom. The number of benzene rings is 2. The number of aliphatic imine (C=N–C) groups is 1. The van der Waals surface area contributed by atoms with E-state index in [0.29, 0.717) is 56.2 Å². The maximum absolute atomic E-state index is 14.1. The molecule has 0 bridgehead atoms. The summed E-state index contributed by atoms with van der Waals surface area (Å²) < 4.78 is 54.7. The second-order valence-electron chi connectivity index (χ2n) is 8.36. The van der Waals surface area contributed by atoms with Gasteiger partial charge in [-0.25, -0.2) is 4.39 Å². The van der Waals surface area contributed by atoms with Gasteiger partial charge < -0.3 is 4.90 Å². The summed E-state index contributed by atoms with van der Waals surface area (Å²) in [7, 11) is 0. The lowest BCUT2D eigenvalue weighted by Crippen LogP contribution is -2.53. The van der Waals surface area contributed by atoms with Gasteiger partial charge >= 0.3 is 6.18 Å². The third kappa shape index (κ3) is 4.01. The minimum absolute atomic E-state index is 0.0240. The Morgan fingerprint density at radius 2 is 1.67 bits per heavy atom. The molecule has 0 N–H and O–H groups in total. The van der Waals surface area contributed by atoms with Crippen LogP contribution in [-0.2, 0) is 24.1 Å². The fraction of sp³-hybridized carbons (Fsp3) is 0.333. The van der Waals surface area contributed by atoms with Crippen molar-refractivity contribution >= 4 is 11.9 Å². The normalized spacial score (nSPS) is 19.0. The van der Waals surface area contributed by atoms with E-state index in [1.807, 2.05) is 9.80 Å². The van der Waals surface area contributed by atoms with Crippen LogP contribution in [0.4, 0.5) is 17.6 Å². The van der Waals surface area contributed by atoms with Crippen molar-refractivity contribution in [2.75, 3.05) is 26.2 Å². The van der Waals surface area contributed by atoms with E-state index in [9.17, 15) is 22.4 Å². The van der Waals surface area contributed by atoms with Crippen LogP contribution in [-0.4, -0.2) is 52.7 Å². The summed E-state index contributed by atoms with van der Waals surface area (Å²) in [6, 6.07) is 11.8. The molecular formula is C24H22F4N4O. The van der Waals surface area contributed by atoms with E-state index in [0.717, 1.165) is 11.8 Å². The van der Waals surface area contributed by atoms with E-state index < -0.39 is 11.7 Å². The Bertz CT molecular complexity index is 1160. The molecule has 3 aliphatic rings. The number of hydrogen-bond donors (Lipinski definition) is 0. The van der Waals surface area contributed by atoms with Crippen LogP contribution < -0.4 is 0 Å². The SMILES string of the molecule is O=C1C2=C(CCN(Cc3ccccc3F)C2)N2CCN=C2N1Cc1ccccc1C(F)(F)F. The minimum Gasteiger partial charge on any atom is -0.314 e. The van der Waals surface area contributed by atoms with Crippen molar-refractivity contribution in [2.24, 2.45) is 4.99 Å². The molecule has 0 radical (unpaired) electrons. The molecular weight excluding hydrogens is 436 g/mol. The third-order valence-electron chi connectivity index (χ3n) is 6.29. The highest BCUT2D eigenvalue weighted by atomic mass is 19.4. The van der Waals surface area contributed by atoms with Crippen molar-refractivity contribution in [3.63, 3.8) is 0 Å².